The molecule has 0 aliphatic carbocycles. The van der Waals surface area contributed by atoms with Crippen molar-refractivity contribution in [3.63, 3.8) is 0 Å². The fourth-order valence-corrected chi connectivity index (χ4v) is 15.5. The Morgan fingerprint density at radius 2 is 0.406 bits per heavy atom. The number of rotatable bonds is 10. The second-order valence-corrected chi connectivity index (χ2v) is 27.5. The number of aryl methyl sites for hydroxylation is 10. The van der Waals surface area contributed by atoms with Crippen molar-refractivity contribution in [2.75, 3.05) is 29.4 Å². The van der Waals surface area contributed by atoms with Gasteiger partial charge in [0.05, 0.1) is 11.4 Å². The maximum absolute atomic E-state index is 2.66. The molecule has 0 spiro atoms. The molecule has 0 unspecified atom stereocenters. The topological polar surface area (TPSA) is 19.4 Å². The van der Waals surface area contributed by atoms with Crippen LogP contribution < -0.4 is 62.2 Å². The molecule has 0 bridgehead atoms. The minimum Gasteiger partial charge on any atom is -0.311 e. The van der Waals surface area contributed by atoms with Gasteiger partial charge in [0, 0.05) is 91.0 Å². The van der Waals surface area contributed by atoms with Gasteiger partial charge in [0.1, 0.15) is 0 Å². The van der Waals surface area contributed by atoms with Crippen molar-refractivity contribution < 1.29 is 0 Å². The van der Waals surface area contributed by atoms with Crippen molar-refractivity contribution in [1.29, 1.82) is 0 Å². The molecule has 96 heavy (non-hydrogen) atoms. The quantitative estimate of drug-likeness (QED) is 0.126. The lowest BCUT2D eigenvalue weighted by atomic mass is 9.30. The minimum absolute atomic E-state index is 0.172. The molecule has 0 aromatic heterocycles. The highest BCUT2D eigenvalue weighted by Crippen LogP contribution is 2.53. The van der Waals surface area contributed by atoms with Crippen molar-refractivity contribution in [3.05, 3.63) is 323 Å². The molecule has 4 heterocycles. The summed E-state index contributed by atoms with van der Waals surface area (Å²) in [7, 11) is 0. The van der Waals surface area contributed by atoms with Gasteiger partial charge in [0.15, 0.2) is 0 Å². The fourth-order valence-electron chi connectivity index (χ4n) is 15.5. The molecular weight excluding hydrogens is 1160 g/mol. The summed E-state index contributed by atoms with van der Waals surface area (Å²) in [6.45, 7) is 21.6. The molecule has 0 saturated heterocycles. The first-order valence-electron chi connectivity index (χ1n) is 33.8. The Morgan fingerprint density at radius 3 is 0.656 bits per heavy atom. The van der Waals surface area contributed by atoms with Gasteiger partial charge in [-0.1, -0.05) is 172 Å². The lowest BCUT2D eigenvalue weighted by Gasteiger charge is -2.48. The molecule has 462 valence electrons. The highest BCUT2D eigenvalue weighted by atomic mass is 15.2. The van der Waals surface area contributed by atoms with Crippen molar-refractivity contribution in [3.8, 4) is 0 Å². The zero-order valence-corrected chi connectivity index (χ0v) is 56.2. The van der Waals surface area contributed by atoms with E-state index in [4.69, 9.17) is 0 Å². The van der Waals surface area contributed by atoms with Gasteiger partial charge in [0.2, 0.25) is 0 Å². The van der Waals surface area contributed by atoms with Crippen LogP contribution in [0.3, 0.4) is 0 Å². The van der Waals surface area contributed by atoms with E-state index >= 15 is 0 Å². The SMILES string of the molecule is Cc1ccc(N(c2ccc(C)cc2)c2cc3c4c(c2)N(c2ccc(C)cc2)c2cc5c(cc2B4c2ccc(C)cc2N3c2ccc(C)cc2)B2c3ccc(C)cc3N(c3ccc(C)cc3)c3cc(N(c4ccc(C)cc4)c4ccc(C)cc4)cc(c32)N5c2ccc(C)cc2)cc1. The molecule has 4 aliphatic rings. The Labute approximate surface area is 566 Å². The third-order valence-corrected chi connectivity index (χ3v) is 20.4. The van der Waals surface area contributed by atoms with Crippen LogP contribution in [0.4, 0.5) is 102 Å². The molecule has 13 aromatic carbocycles. The zero-order valence-electron chi connectivity index (χ0n) is 56.2. The smallest absolute Gasteiger partial charge is 0.252 e. The molecular formula is C88H74B2N6. The van der Waals surface area contributed by atoms with Crippen molar-refractivity contribution in [1.82, 2.24) is 0 Å². The van der Waals surface area contributed by atoms with Crippen molar-refractivity contribution in [2.24, 2.45) is 0 Å². The number of hydrogen-bond donors (Lipinski definition) is 0. The Hall–Kier alpha value is -11.2. The summed E-state index contributed by atoms with van der Waals surface area (Å²) in [5.41, 5.74) is 39.9. The average Bonchev–Trinajstić information content (AvgIpc) is 0.686. The first kappa shape index (κ1) is 58.6. The number of nitrogens with zero attached hydrogens (tertiary/aromatic N) is 6. The van der Waals surface area contributed by atoms with Crippen LogP contribution in [0.2, 0.25) is 0 Å². The lowest BCUT2D eigenvalue weighted by molar-refractivity contribution is 1.21. The predicted molar refractivity (Wildman–Crippen MR) is 411 cm³/mol. The Morgan fingerprint density at radius 1 is 0.188 bits per heavy atom. The number of benzene rings is 13. The Kier molecular flexibility index (Phi) is 13.9. The number of anilines is 18. The van der Waals surface area contributed by atoms with Crippen LogP contribution in [-0.4, -0.2) is 13.4 Å². The van der Waals surface area contributed by atoms with E-state index in [2.05, 4.69) is 366 Å². The second kappa shape index (κ2) is 22.8. The number of hydrogen-bond acceptors (Lipinski definition) is 6. The van der Waals surface area contributed by atoms with Crippen LogP contribution in [0.5, 0.6) is 0 Å². The van der Waals surface area contributed by atoms with Crippen molar-refractivity contribution >= 4 is 149 Å². The molecule has 8 heteroatoms. The molecule has 6 nitrogen and oxygen atoms in total. The predicted octanol–water partition coefficient (Wildman–Crippen LogP) is 19.9. The Balaban J connectivity index is 1.01. The van der Waals surface area contributed by atoms with Crippen LogP contribution in [0.15, 0.2) is 267 Å². The molecule has 0 N–H and O–H groups in total. The van der Waals surface area contributed by atoms with Gasteiger partial charge in [-0.25, -0.2) is 0 Å². The maximum Gasteiger partial charge on any atom is 0.252 e. The van der Waals surface area contributed by atoms with E-state index in [1.54, 1.807) is 0 Å². The molecule has 0 fully saturated rings. The molecule has 0 atom stereocenters. The van der Waals surface area contributed by atoms with Gasteiger partial charge in [-0.15, -0.1) is 0 Å². The molecule has 0 saturated carbocycles. The van der Waals surface area contributed by atoms with Crippen LogP contribution in [0.1, 0.15) is 55.6 Å². The van der Waals surface area contributed by atoms with E-state index < -0.39 is 0 Å². The van der Waals surface area contributed by atoms with Gasteiger partial charge in [-0.3, -0.25) is 0 Å². The monoisotopic (exact) mass is 1240 g/mol. The highest BCUT2D eigenvalue weighted by Gasteiger charge is 2.49. The van der Waals surface area contributed by atoms with Gasteiger partial charge in [0.25, 0.3) is 13.4 Å². The summed E-state index contributed by atoms with van der Waals surface area (Å²) < 4.78 is 0. The van der Waals surface area contributed by atoms with E-state index in [1.165, 1.54) is 99.8 Å². The average molecular weight is 1240 g/mol. The standard InChI is InChI=1S/C88H74B2N6/c1-55-11-29-65(30-12-55)91(66-31-13-56(2)14-32-66)73-49-83-87-85(51-73)95(71-41-23-61(7)24-42-71)81-54-82-78(53-77(81)89(87)75-45-27-63(9)47-79(75)93(83)69-37-19-59(5)20-38-69)90-76-46-28-64(10)48-80(76)94(70-39-21-60(6)22-40-70)84-50-74(52-86(88(84)90)96(82)72-43-25-62(8)26-44-72)92(67-33-15-57(3)16-34-67)68-35-17-58(4)18-36-68/h11-54H,1-10H3. The summed E-state index contributed by atoms with van der Waals surface area (Å²) in [6.07, 6.45) is 0. The summed E-state index contributed by atoms with van der Waals surface area (Å²) in [5.74, 6) is 0. The second-order valence-electron chi connectivity index (χ2n) is 27.5. The largest absolute Gasteiger partial charge is 0.311 e. The van der Waals surface area contributed by atoms with E-state index in [-0.39, 0.29) is 13.4 Å². The lowest BCUT2D eigenvalue weighted by Crippen LogP contribution is -2.65. The van der Waals surface area contributed by atoms with Crippen LogP contribution in [-0.2, 0) is 0 Å². The van der Waals surface area contributed by atoms with E-state index in [0.29, 0.717) is 0 Å². The van der Waals surface area contributed by atoms with Gasteiger partial charge in [-0.2, -0.15) is 0 Å². The fraction of sp³-hybridized carbons (Fsp3) is 0.114. The van der Waals surface area contributed by atoms with Crippen LogP contribution >= 0.6 is 0 Å². The van der Waals surface area contributed by atoms with Crippen LogP contribution in [0.25, 0.3) is 0 Å². The number of fused-ring (bicyclic) bond motifs is 8. The first-order chi connectivity index (χ1) is 46.7. The van der Waals surface area contributed by atoms with E-state index in [1.807, 2.05) is 0 Å². The normalized spacial score (nSPS) is 13.0. The molecule has 0 amide bonds. The minimum atomic E-state index is -0.172. The van der Waals surface area contributed by atoms with Crippen LogP contribution in [0, 0.1) is 69.2 Å². The van der Waals surface area contributed by atoms with Gasteiger partial charge < -0.3 is 29.4 Å². The third kappa shape index (κ3) is 9.71. The third-order valence-electron chi connectivity index (χ3n) is 20.4. The molecule has 13 aromatic rings. The zero-order chi connectivity index (χ0) is 65.4. The summed E-state index contributed by atoms with van der Waals surface area (Å²) in [6, 6.07) is 103. The maximum atomic E-state index is 2.66. The highest BCUT2D eigenvalue weighted by molar-refractivity contribution is 7.03. The molecule has 0 radical (unpaired) electrons. The van der Waals surface area contributed by atoms with E-state index in [9.17, 15) is 0 Å². The summed E-state index contributed by atoms with van der Waals surface area (Å²) >= 11 is 0. The molecule has 4 aliphatic heterocycles. The Bertz CT molecular complexity index is 4800. The summed E-state index contributed by atoms with van der Waals surface area (Å²) in [4.78, 5) is 15.3. The summed E-state index contributed by atoms with van der Waals surface area (Å²) in [5, 5.41) is 0. The van der Waals surface area contributed by atoms with Gasteiger partial charge >= 0.3 is 0 Å². The molecule has 17 rings (SSSR count). The first-order valence-corrected chi connectivity index (χ1v) is 33.8. The van der Waals surface area contributed by atoms with Crippen molar-refractivity contribution in [2.45, 2.75) is 69.2 Å². The van der Waals surface area contributed by atoms with Gasteiger partial charge in [-0.05, 0) is 253 Å². The van der Waals surface area contributed by atoms with E-state index in [0.717, 1.165) is 91.0 Å².